The van der Waals surface area contributed by atoms with Gasteiger partial charge in [0.1, 0.15) is 23.2 Å². The highest BCUT2D eigenvalue weighted by Gasteiger charge is 2.09. The van der Waals surface area contributed by atoms with Crippen molar-refractivity contribution in [3.63, 3.8) is 0 Å². The topological polar surface area (TPSA) is 173 Å². The molecule has 116 valence electrons. The van der Waals surface area contributed by atoms with Gasteiger partial charge in [0.2, 0.25) is 5.95 Å². The van der Waals surface area contributed by atoms with Crippen LogP contribution in [0.3, 0.4) is 0 Å². The van der Waals surface area contributed by atoms with Gasteiger partial charge in [-0.1, -0.05) is 0 Å². The van der Waals surface area contributed by atoms with Gasteiger partial charge in [-0.25, -0.2) is 24.9 Å². The molecule has 7 N–H and O–H groups in total. The molecule has 23 heavy (non-hydrogen) atoms. The fourth-order valence-electron chi connectivity index (χ4n) is 2.24. The van der Waals surface area contributed by atoms with Gasteiger partial charge >= 0.3 is 0 Å². The summed E-state index contributed by atoms with van der Waals surface area (Å²) in [6.45, 7) is 0.558. The molecule has 11 heteroatoms. The third-order valence-corrected chi connectivity index (χ3v) is 3.32. The second-order valence-electron chi connectivity index (χ2n) is 4.85. The lowest BCUT2D eigenvalue weighted by atomic mass is 10.3. The molecule has 0 radical (unpaired) electrons. The Bertz CT molecular complexity index is 985. The van der Waals surface area contributed by atoms with Crippen molar-refractivity contribution in [3.05, 3.63) is 18.5 Å². The molecule has 0 fully saturated rings. The van der Waals surface area contributed by atoms with Crippen molar-refractivity contribution in [2.24, 2.45) is 0 Å². The van der Waals surface area contributed by atoms with Gasteiger partial charge in [0.15, 0.2) is 22.9 Å². The van der Waals surface area contributed by atoms with E-state index in [1.807, 2.05) is 0 Å². The summed E-state index contributed by atoms with van der Waals surface area (Å²) in [5.74, 6) is 1.90. The number of nitrogen functional groups attached to an aromatic ring is 2. The number of nitrogens with one attached hydrogen (secondary N) is 3. The third-order valence-electron chi connectivity index (χ3n) is 3.32. The summed E-state index contributed by atoms with van der Waals surface area (Å²) in [6.07, 6.45) is 3.47. The second kappa shape index (κ2) is 5.05. The minimum atomic E-state index is 0.357. The lowest BCUT2D eigenvalue weighted by molar-refractivity contribution is 0.901. The van der Waals surface area contributed by atoms with Crippen molar-refractivity contribution < 1.29 is 0 Å². The number of hydrogen-bond acceptors (Lipinski definition) is 9. The SMILES string of the molecule is Nc1nc(CCNc2nc3ncnc(N)c3[nH]2)nc2nc[nH]c12. The van der Waals surface area contributed by atoms with E-state index in [-0.39, 0.29) is 0 Å². The van der Waals surface area contributed by atoms with E-state index in [1.165, 1.54) is 12.7 Å². The standard InChI is InChI=1S/C12H13N11/c13-8-7-11(19-4-17-8)23-12(22-7)15-2-1-5-20-9(14)6-10(21-5)18-3-16-6/h3-4H,1-2H2,(H3,14,16,18,20,21)(H4,13,15,17,19,22,23). The Kier molecular flexibility index (Phi) is 2.89. The van der Waals surface area contributed by atoms with Crippen LogP contribution in [0.15, 0.2) is 12.7 Å². The molecule has 0 aliphatic rings. The Morgan fingerprint density at radius 2 is 1.83 bits per heavy atom. The number of fused-ring (bicyclic) bond motifs is 2. The average Bonchev–Trinajstić information content (AvgIpc) is 3.14. The van der Waals surface area contributed by atoms with E-state index >= 15 is 0 Å². The summed E-state index contributed by atoms with van der Waals surface area (Å²) in [6, 6.07) is 0. The molecule has 0 saturated heterocycles. The number of hydrogen-bond donors (Lipinski definition) is 5. The maximum Gasteiger partial charge on any atom is 0.202 e. The molecule has 0 saturated carbocycles. The van der Waals surface area contributed by atoms with Gasteiger partial charge in [-0.05, 0) is 0 Å². The molecule has 11 nitrogen and oxygen atoms in total. The van der Waals surface area contributed by atoms with Gasteiger partial charge in [-0.15, -0.1) is 0 Å². The normalized spacial score (nSPS) is 11.3. The van der Waals surface area contributed by atoms with Crippen LogP contribution in [-0.4, -0.2) is 46.4 Å². The molecular weight excluding hydrogens is 298 g/mol. The molecule has 0 unspecified atom stereocenters. The minimum Gasteiger partial charge on any atom is -0.382 e. The van der Waals surface area contributed by atoms with E-state index in [4.69, 9.17) is 11.5 Å². The van der Waals surface area contributed by atoms with Gasteiger partial charge in [0.25, 0.3) is 0 Å². The van der Waals surface area contributed by atoms with Crippen molar-refractivity contribution in [2.75, 3.05) is 23.3 Å². The number of aromatic amines is 2. The van der Waals surface area contributed by atoms with Crippen LogP contribution in [0.4, 0.5) is 17.6 Å². The fourth-order valence-corrected chi connectivity index (χ4v) is 2.24. The van der Waals surface area contributed by atoms with Gasteiger partial charge in [0, 0.05) is 13.0 Å². The summed E-state index contributed by atoms with van der Waals surface area (Å²) >= 11 is 0. The molecule has 0 bridgehead atoms. The fraction of sp³-hybridized carbons (Fsp3) is 0.167. The number of rotatable bonds is 4. The highest BCUT2D eigenvalue weighted by Crippen LogP contribution is 2.16. The van der Waals surface area contributed by atoms with Crippen molar-refractivity contribution in [1.82, 2.24) is 39.9 Å². The van der Waals surface area contributed by atoms with Crippen molar-refractivity contribution in [1.29, 1.82) is 0 Å². The number of aromatic nitrogens is 8. The van der Waals surface area contributed by atoms with Crippen LogP contribution in [-0.2, 0) is 6.42 Å². The second-order valence-corrected chi connectivity index (χ2v) is 4.85. The molecule has 4 aromatic rings. The van der Waals surface area contributed by atoms with Crippen molar-refractivity contribution >= 4 is 39.9 Å². The van der Waals surface area contributed by atoms with Crippen molar-refractivity contribution in [2.45, 2.75) is 6.42 Å². The first-order chi connectivity index (χ1) is 11.2. The Morgan fingerprint density at radius 3 is 2.70 bits per heavy atom. The van der Waals surface area contributed by atoms with Crippen LogP contribution in [0.1, 0.15) is 5.82 Å². The predicted octanol–water partition coefficient (Wildman–Crippen LogP) is -0.162. The number of nitrogens with two attached hydrogens (primary N) is 2. The van der Waals surface area contributed by atoms with Gasteiger partial charge in [-0.2, -0.15) is 4.98 Å². The van der Waals surface area contributed by atoms with E-state index in [0.717, 1.165) is 0 Å². The minimum absolute atomic E-state index is 0.357. The van der Waals surface area contributed by atoms with Gasteiger partial charge in [-0.3, -0.25) is 0 Å². The van der Waals surface area contributed by atoms with E-state index in [1.54, 1.807) is 0 Å². The lowest BCUT2D eigenvalue weighted by Crippen LogP contribution is -2.10. The van der Waals surface area contributed by atoms with Gasteiger partial charge < -0.3 is 26.8 Å². The summed E-state index contributed by atoms with van der Waals surface area (Å²) in [5, 5.41) is 3.13. The maximum atomic E-state index is 5.86. The van der Waals surface area contributed by atoms with E-state index < -0.39 is 0 Å². The molecule has 0 amide bonds. The molecule has 0 atom stereocenters. The molecule has 0 aliphatic heterocycles. The van der Waals surface area contributed by atoms with Gasteiger partial charge in [0.05, 0.1) is 6.33 Å². The number of H-pyrrole nitrogens is 2. The van der Waals surface area contributed by atoms with Crippen molar-refractivity contribution in [3.8, 4) is 0 Å². The Balaban J connectivity index is 1.48. The average molecular weight is 311 g/mol. The monoisotopic (exact) mass is 311 g/mol. The first-order valence-corrected chi connectivity index (χ1v) is 6.86. The Morgan fingerprint density at radius 1 is 0.957 bits per heavy atom. The van der Waals surface area contributed by atoms with Crippen LogP contribution in [0, 0.1) is 0 Å². The Hall–Kier alpha value is -3.50. The third kappa shape index (κ3) is 2.33. The van der Waals surface area contributed by atoms with E-state index in [9.17, 15) is 0 Å². The number of imidazole rings is 2. The van der Waals surface area contributed by atoms with Crippen LogP contribution in [0.5, 0.6) is 0 Å². The quantitative estimate of drug-likeness (QED) is 0.343. The first kappa shape index (κ1) is 13.2. The van der Waals surface area contributed by atoms with Crippen LogP contribution >= 0.6 is 0 Å². The molecule has 4 aromatic heterocycles. The molecule has 0 aromatic carbocycles. The van der Waals surface area contributed by atoms with Crippen LogP contribution in [0.25, 0.3) is 22.3 Å². The van der Waals surface area contributed by atoms with Crippen LogP contribution in [0.2, 0.25) is 0 Å². The first-order valence-electron chi connectivity index (χ1n) is 6.86. The lowest BCUT2D eigenvalue weighted by Gasteiger charge is -2.03. The molecule has 4 heterocycles. The number of nitrogens with zero attached hydrogens (tertiary/aromatic N) is 6. The van der Waals surface area contributed by atoms with E-state index in [0.29, 0.717) is 58.7 Å². The Labute approximate surface area is 129 Å². The molecular formula is C12H13N11. The summed E-state index contributed by atoms with van der Waals surface area (Å²) < 4.78 is 0. The molecule has 0 spiro atoms. The zero-order chi connectivity index (χ0) is 15.8. The van der Waals surface area contributed by atoms with Crippen LogP contribution < -0.4 is 16.8 Å². The summed E-state index contributed by atoms with van der Waals surface area (Å²) in [5.41, 5.74) is 13.9. The summed E-state index contributed by atoms with van der Waals surface area (Å²) in [4.78, 5) is 30.8. The summed E-state index contributed by atoms with van der Waals surface area (Å²) in [7, 11) is 0. The maximum absolute atomic E-state index is 5.86. The molecule has 0 aliphatic carbocycles. The highest BCUT2D eigenvalue weighted by molar-refractivity contribution is 5.83. The largest absolute Gasteiger partial charge is 0.382 e. The highest BCUT2D eigenvalue weighted by atomic mass is 15.2. The number of anilines is 3. The van der Waals surface area contributed by atoms with E-state index in [2.05, 4.69) is 45.2 Å². The predicted molar refractivity (Wildman–Crippen MR) is 84.4 cm³/mol. The smallest absolute Gasteiger partial charge is 0.202 e. The zero-order valence-electron chi connectivity index (χ0n) is 11.9. The zero-order valence-corrected chi connectivity index (χ0v) is 11.9. The molecule has 4 rings (SSSR count).